The van der Waals surface area contributed by atoms with E-state index in [0.717, 1.165) is 11.1 Å². The molecular formula is C21H15FN2O4. The van der Waals surface area contributed by atoms with Gasteiger partial charge in [0.25, 0.3) is 5.91 Å². The first kappa shape index (κ1) is 17.8. The van der Waals surface area contributed by atoms with Crippen LogP contribution in [0.4, 0.5) is 4.39 Å². The topological polar surface area (TPSA) is 95.6 Å². The lowest BCUT2D eigenvalue weighted by Crippen LogP contribution is -2.18. The van der Waals surface area contributed by atoms with Crippen LogP contribution in [0.25, 0.3) is 33.7 Å². The molecule has 28 heavy (non-hydrogen) atoms. The highest BCUT2D eigenvalue weighted by Gasteiger charge is 2.15. The van der Waals surface area contributed by atoms with E-state index in [0.29, 0.717) is 16.7 Å². The molecule has 0 saturated carbocycles. The number of fused-ring (bicyclic) bond motifs is 1. The summed E-state index contributed by atoms with van der Waals surface area (Å²) in [6.45, 7) is -0.0486. The van der Waals surface area contributed by atoms with Crippen molar-refractivity contribution in [2.75, 3.05) is 0 Å². The molecule has 4 aromatic rings. The second-order valence-corrected chi connectivity index (χ2v) is 6.19. The number of benzene rings is 3. The van der Waals surface area contributed by atoms with Crippen LogP contribution in [0.3, 0.4) is 0 Å². The fraction of sp³-hybridized carbons (Fsp3) is 0.0476. The number of carbonyl (C=O) groups is 1. The molecule has 0 aliphatic carbocycles. The average Bonchev–Trinajstić information content (AvgIpc) is 3.16. The highest BCUT2D eigenvalue weighted by atomic mass is 19.1. The fourth-order valence-electron chi connectivity index (χ4n) is 2.92. The molecule has 0 atom stereocenters. The monoisotopic (exact) mass is 378 g/mol. The molecule has 0 spiro atoms. The normalized spacial score (nSPS) is 11.0. The summed E-state index contributed by atoms with van der Waals surface area (Å²) in [6.07, 6.45) is 0. The summed E-state index contributed by atoms with van der Waals surface area (Å²) >= 11 is 0. The van der Waals surface area contributed by atoms with Crippen LogP contribution in [0, 0.1) is 5.82 Å². The van der Waals surface area contributed by atoms with Gasteiger partial charge in [-0.2, -0.15) is 0 Å². The number of hydrogen-bond acceptors (Lipinski definition) is 5. The summed E-state index contributed by atoms with van der Waals surface area (Å²) in [5, 5.41) is 17.8. The van der Waals surface area contributed by atoms with Gasteiger partial charge in [-0.05, 0) is 47.0 Å². The van der Waals surface area contributed by atoms with Crippen LogP contribution >= 0.6 is 0 Å². The summed E-state index contributed by atoms with van der Waals surface area (Å²) in [5.41, 5.74) is 5.00. The summed E-state index contributed by atoms with van der Waals surface area (Å²) < 4.78 is 20.3. The number of hydrogen-bond donors (Lipinski definition) is 3. The molecule has 7 heteroatoms. The zero-order valence-corrected chi connectivity index (χ0v) is 14.5. The Morgan fingerprint density at radius 1 is 1.04 bits per heavy atom. The van der Waals surface area contributed by atoms with Crippen molar-refractivity contribution < 1.29 is 23.9 Å². The molecule has 0 unspecified atom stereocenters. The Morgan fingerprint density at radius 3 is 2.46 bits per heavy atom. The Balaban J connectivity index is 1.69. The molecule has 0 saturated heterocycles. The molecule has 3 N–H and O–H groups in total. The summed E-state index contributed by atoms with van der Waals surface area (Å²) in [7, 11) is 0. The molecule has 0 aliphatic rings. The van der Waals surface area contributed by atoms with Crippen molar-refractivity contribution in [3.8, 4) is 22.6 Å². The number of aromatic nitrogens is 1. The van der Waals surface area contributed by atoms with E-state index >= 15 is 0 Å². The second kappa shape index (κ2) is 7.22. The van der Waals surface area contributed by atoms with Crippen molar-refractivity contribution >= 4 is 17.0 Å². The molecule has 0 bridgehead atoms. The van der Waals surface area contributed by atoms with Crippen molar-refractivity contribution in [3.63, 3.8) is 0 Å². The van der Waals surface area contributed by atoms with Crippen LogP contribution in [0.2, 0.25) is 0 Å². The largest absolute Gasteiger partial charge is 0.436 e. The van der Waals surface area contributed by atoms with Crippen molar-refractivity contribution in [3.05, 3.63) is 77.6 Å². The van der Waals surface area contributed by atoms with Gasteiger partial charge in [0.05, 0.1) is 12.2 Å². The highest BCUT2D eigenvalue weighted by molar-refractivity contribution is 5.96. The third-order valence-electron chi connectivity index (χ3n) is 4.42. The number of aliphatic hydroxyl groups is 1. The number of nitrogens with zero attached hydrogens (tertiary/aromatic N) is 1. The number of aliphatic hydroxyl groups excluding tert-OH is 1. The van der Waals surface area contributed by atoms with E-state index in [1.54, 1.807) is 29.7 Å². The van der Waals surface area contributed by atoms with Crippen LogP contribution in [-0.2, 0) is 6.61 Å². The van der Waals surface area contributed by atoms with Gasteiger partial charge in [-0.25, -0.2) is 14.9 Å². The molecule has 3 aromatic carbocycles. The van der Waals surface area contributed by atoms with E-state index in [1.165, 1.54) is 24.3 Å². The first-order valence-corrected chi connectivity index (χ1v) is 8.44. The smallest absolute Gasteiger partial charge is 0.274 e. The third-order valence-corrected chi connectivity index (χ3v) is 4.42. The van der Waals surface area contributed by atoms with E-state index in [-0.39, 0.29) is 23.6 Å². The standard InChI is InChI=1S/C21H15FN2O4/c22-17-9-14(13-3-1-12(11-25)2-4-13)5-7-16(17)21-23-18-10-15(20(26)24-27)6-8-19(18)28-21/h1-10,25,27H,11H2,(H,24,26). The minimum Gasteiger partial charge on any atom is -0.436 e. The molecule has 4 rings (SSSR count). The van der Waals surface area contributed by atoms with Gasteiger partial charge in [0.1, 0.15) is 11.3 Å². The maximum Gasteiger partial charge on any atom is 0.274 e. The Labute approximate surface area is 158 Å². The van der Waals surface area contributed by atoms with Crippen molar-refractivity contribution in [2.45, 2.75) is 6.61 Å². The zero-order valence-electron chi connectivity index (χ0n) is 14.5. The lowest BCUT2D eigenvalue weighted by Gasteiger charge is -2.05. The van der Waals surface area contributed by atoms with Crippen molar-refractivity contribution in [1.29, 1.82) is 0 Å². The van der Waals surface area contributed by atoms with Crippen LogP contribution in [0.1, 0.15) is 15.9 Å². The van der Waals surface area contributed by atoms with Gasteiger partial charge in [0, 0.05) is 5.56 Å². The molecule has 6 nitrogen and oxygen atoms in total. The number of nitrogens with one attached hydrogen (secondary N) is 1. The van der Waals surface area contributed by atoms with Gasteiger partial charge in [-0.15, -0.1) is 0 Å². The third kappa shape index (κ3) is 3.24. The van der Waals surface area contributed by atoms with Gasteiger partial charge >= 0.3 is 0 Å². The number of hydroxylamine groups is 1. The summed E-state index contributed by atoms with van der Waals surface area (Å²) in [4.78, 5) is 15.8. The van der Waals surface area contributed by atoms with E-state index in [2.05, 4.69) is 4.98 Å². The minimum atomic E-state index is -0.672. The van der Waals surface area contributed by atoms with E-state index in [9.17, 15) is 9.18 Å². The second-order valence-electron chi connectivity index (χ2n) is 6.19. The van der Waals surface area contributed by atoms with Crippen molar-refractivity contribution in [2.24, 2.45) is 0 Å². The molecule has 1 amide bonds. The van der Waals surface area contributed by atoms with Gasteiger partial charge in [-0.1, -0.05) is 30.3 Å². The maximum absolute atomic E-state index is 14.7. The Hall–Kier alpha value is -3.55. The molecule has 1 heterocycles. The van der Waals surface area contributed by atoms with Gasteiger partial charge in [-0.3, -0.25) is 10.0 Å². The van der Waals surface area contributed by atoms with Gasteiger partial charge in [0.15, 0.2) is 5.58 Å². The summed E-state index contributed by atoms with van der Waals surface area (Å²) in [6, 6.07) is 16.4. The molecule has 0 fully saturated rings. The molecule has 0 radical (unpaired) electrons. The predicted octanol–water partition coefficient (Wildman–Crippen LogP) is 3.91. The number of carbonyl (C=O) groups excluding carboxylic acids is 1. The first-order valence-electron chi connectivity index (χ1n) is 8.44. The number of amides is 1. The quantitative estimate of drug-likeness (QED) is 0.370. The Kier molecular flexibility index (Phi) is 4.60. The SMILES string of the molecule is O=C(NO)c1ccc2oc(-c3ccc(-c4ccc(CO)cc4)cc3F)nc2c1. The van der Waals surface area contributed by atoms with E-state index < -0.39 is 11.7 Å². The lowest BCUT2D eigenvalue weighted by molar-refractivity contribution is 0.0706. The van der Waals surface area contributed by atoms with Crippen LogP contribution in [-0.4, -0.2) is 21.2 Å². The molecule has 1 aromatic heterocycles. The van der Waals surface area contributed by atoms with Crippen LogP contribution in [0.5, 0.6) is 0 Å². The van der Waals surface area contributed by atoms with E-state index in [1.807, 2.05) is 12.1 Å². The Bertz CT molecular complexity index is 1170. The number of halogens is 1. The average molecular weight is 378 g/mol. The summed E-state index contributed by atoms with van der Waals surface area (Å²) in [5.74, 6) is -1.07. The number of oxazole rings is 1. The highest BCUT2D eigenvalue weighted by Crippen LogP contribution is 2.30. The van der Waals surface area contributed by atoms with Gasteiger partial charge < -0.3 is 9.52 Å². The fourth-order valence-corrected chi connectivity index (χ4v) is 2.92. The van der Waals surface area contributed by atoms with E-state index in [4.69, 9.17) is 14.7 Å². The number of rotatable bonds is 4. The minimum absolute atomic E-state index is 0.0486. The molecular weight excluding hydrogens is 363 g/mol. The molecule has 0 aliphatic heterocycles. The first-order chi connectivity index (χ1) is 13.6. The van der Waals surface area contributed by atoms with Crippen molar-refractivity contribution in [1.82, 2.24) is 10.5 Å². The maximum atomic E-state index is 14.7. The van der Waals surface area contributed by atoms with Crippen LogP contribution < -0.4 is 5.48 Å². The predicted molar refractivity (Wildman–Crippen MR) is 100 cm³/mol. The lowest BCUT2D eigenvalue weighted by atomic mass is 10.0. The Morgan fingerprint density at radius 2 is 1.79 bits per heavy atom. The zero-order chi connectivity index (χ0) is 19.7. The molecule has 140 valence electrons. The van der Waals surface area contributed by atoms with Gasteiger partial charge in [0.2, 0.25) is 5.89 Å². The van der Waals surface area contributed by atoms with Crippen LogP contribution in [0.15, 0.2) is 65.1 Å².